The molecule has 1 aromatic carbocycles. The molecule has 0 spiro atoms. The standard InChI is InChI=1S/C16H15BrN2O2/c1-21-12-5-6-14(17)11(8-12)9-16(20)13-10-18-19-7-3-2-4-15(13)19/h2-8,10,16,20H,9H2,1H3. The molecule has 2 heterocycles. The summed E-state index contributed by atoms with van der Waals surface area (Å²) in [6.07, 6.45) is 3.46. The molecule has 1 N–H and O–H groups in total. The van der Waals surface area contributed by atoms with Crippen molar-refractivity contribution < 1.29 is 9.84 Å². The minimum atomic E-state index is -0.617. The highest BCUT2D eigenvalue weighted by Gasteiger charge is 2.15. The topological polar surface area (TPSA) is 46.8 Å². The maximum Gasteiger partial charge on any atom is 0.119 e. The molecule has 0 aliphatic heterocycles. The molecule has 5 heteroatoms. The highest BCUT2D eigenvalue weighted by molar-refractivity contribution is 9.10. The number of hydrogen-bond donors (Lipinski definition) is 1. The quantitative estimate of drug-likeness (QED) is 0.787. The van der Waals surface area contributed by atoms with E-state index in [1.54, 1.807) is 17.8 Å². The van der Waals surface area contributed by atoms with E-state index in [4.69, 9.17) is 4.74 Å². The largest absolute Gasteiger partial charge is 0.497 e. The maximum absolute atomic E-state index is 10.5. The van der Waals surface area contributed by atoms with E-state index < -0.39 is 6.10 Å². The molecule has 1 unspecified atom stereocenters. The van der Waals surface area contributed by atoms with E-state index in [0.29, 0.717) is 6.42 Å². The summed E-state index contributed by atoms with van der Waals surface area (Å²) >= 11 is 3.51. The second-order valence-electron chi connectivity index (χ2n) is 4.81. The van der Waals surface area contributed by atoms with Crippen molar-refractivity contribution in [2.45, 2.75) is 12.5 Å². The first-order valence-corrected chi connectivity index (χ1v) is 7.41. The Morgan fingerprint density at radius 1 is 1.33 bits per heavy atom. The van der Waals surface area contributed by atoms with Crippen LogP contribution in [0.1, 0.15) is 17.2 Å². The van der Waals surface area contributed by atoms with E-state index in [0.717, 1.165) is 26.9 Å². The molecule has 21 heavy (non-hydrogen) atoms. The van der Waals surface area contributed by atoms with Crippen molar-refractivity contribution in [1.82, 2.24) is 9.61 Å². The van der Waals surface area contributed by atoms with Gasteiger partial charge in [-0.15, -0.1) is 0 Å². The minimum Gasteiger partial charge on any atom is -0.497 e. The van der Waals surface area contributed by atoms with E-state index in [1.807, 2.05) is 42.6 Å². The zero-order chi connectivity index (χ0) is 14.8. The van der Waals surface area contributed by atoms with Crippen LogP contribution >= 0.6 is 15.9 Å². The number of hydrogen-bond acceptors (Lipinski definition) is 3. The van der Waals surface area contributed by atoms with E-state index in [9.17, 15) is 5.11 Å². The molecule has 0 amide bonds. The summed E-state index contributed by atoms with van der Waals surface area (Å²) < 4.78 is 7.95. The highest BCUT2D eigenvalue weighted by Crippen LogP contribution is 2.28. The minimum absolute atomic E-state index is 0.494. The second-order valence-corrected chi connectivity index (χ2v) is 5.66. The average Bonchev–Trinajstić information content (AvgIpc) is 2.93. The van der Waals surface area contributed by atoms with Gasteiger partial charge >= 0.3 is 0 Å². The van der Waals surface area contributed by atoms with E-state index in [1.165, 1.54) is 0 Å². The molecule has 0 saturated heterocycles. The van der Waals surface area contributed by atoms with Gasteiger partial charge in [0.25, 0.3) is 0 Å². The van der Waals surface area contributed by atoms with E-state index in [-0.39, 0.29) is 0 Å². The van der Waals surface area contributed by atoms with Crippen LogP contribution in [0.5, 0.6) is 5.75 Å². The van der Waals surface area contributed by atoms with Crippen molar-refractivity contribution in [3.05, 3.63) is 64.4 Å². The molecule has 0 aliphatic rings. The summed E-state index contributed by atoms with van der Waals surface area (Å²) in [4.78, 5) is 0. The van der Waals surface area contributed by atoms with Crippen LogP contribution in [0.3, 0.4) is 0 Å². The molecule has 3 rings (SSSR count). The van der Waals surface area contributed by atoms with Crippen molar-refractivity contribution in [2.24, 2.45) is 0 Å². The molecular weight excluding hydrogens is 332 g/mol. The van der Waals surface area contributed by atoms with Crippen molar-refractivity contribution in [1.29, 1.82) is 0 Å². The van der Waals surface area contributed by atoms with Crippen molar-refractivity contribution in [3.8, 4) is 5.75 Å². The Hall–Kier alpha value is -1.85. The Kier molecular flexibility index (Phi) is 3.94. The average molecular weight is 347 g/mol. The van der Waals surface area contributed by atoms with Crippen LogP contribution in [0.2, 0.25) is 0 Å². The Labute approximate surface area is 131 Å². The highest BCUT2D eigenvalue weighted by atomic mass is 79.9. The van der Waals surface area contributed by atoms with Gasteiger partial charge in [-0.05, 0) is 35.9 Å². The molecule has 108 valence electrons. The summed E-state index contributed by atoms with van der Waals surface area (Å²) in [5.41, 5.74) is 2.74. The predicted molar refractivity (Wildman–Crippen MR) is 84.5 cm³/mol. The third-order valence-electron chi connectivity index (χ3n) is 3.48. The van der Waals surface area contributed by atoms with Crippen LogP contribution in [-0.4, -0.2) is 21.8 Å². The Bertz CT molecular complexity index is 770. The van der Waals surface area contributed by atoms with E-state index >= 15 is 0 Å². The fraction of sp³-hybridized carbons (Fsp3) is 0.188. The van der Waals surface area contributed by atoms with Crippen LogP contribution in [0.4, 0.5) is 0 Å². The van der Waals surface area contributed by atoms with Gasteiger partial charge in [-0.25, -0.2) is 4.52 Å². The summed E-state index contributed by atoms with van der Waals surface area (Å²) in [7, 11) is 1.63. The zero-order valence-corrected chi connectivity index (χ0v) is 13.1. The van der Waals surface area contributed by atoms with Crippen LogP contribution in [0.15, 0.2) is 53.3 Å². The predicted octanol–water partition coefficient (Wildman–Crippen LogP) is 3.38. The van der Waals surface area contributed by atoms with E-state index in [2.05, 4.69) is 21.0 Å². The first-order chi connectivity index (χ1) is 10.2. The van der Waals surface area contributed by atoms with Gasteiger partial charge < -0.3 is 9.84 Å². The molecule has 0 saturated carbocycles. The Morgan fingerprint density at radius 3 is 3.00 bits per heavy atom. The van der Waals surface area contributed by atoms with Crippen LogP contribution in [0, 0.1) is 0 Å². The molecule has 0 bridgehead atoms. The first-order valence-electron chi connectivity index (χ1n) is 6.62. The van der Waals surface area contributed by atoms with Crippen molar-refractivity contribution in [2.75, 3.05) is 7.11 Å². The Balaban J connectivity index is 1.91. The SMILES string of the molecule is COc1ccc(Br)c(CC(O)c2cnn3ccccc23)c1. The number of rotatable bonds is 4. The number of pyridine rings is 1. The fourth-order valence-corrected chi connectivity index (χ4v) is 2.77. The van der Waals surface area contributed by atoms with Crippen LogP contribution in [-0.2, 0) is 6.42 Å². The number of ether oxygens (including phenoxy) is 1. The maximum atomic E-state index is 10.5. The lowest BCUT2D eigenvalue weighted by molar-refractivity contribution is 0.179. The lowest BCUT2D eigenvalue weighted by atomic mass is 10.0. The summed E-state index contributed by atoms with van der Waals surface area (Å²) in [6.45, 7) is 0. The molecule has 0 fully saturated rings. The van der Waals surface area contributed by atoms with Crippen LogP contribution < -0.4 is 4.74 Å². The molecule has 0 radical (unpaired) electrons. The molecular formula is C16H15BrN2O2. The normalized spacial score (nSPS) is 12.5. The van der Waals surface area contributed by atoms with Gasteiger partial charge in [0.15, 0.2) is 0 Å². The summed E-state index contributed by atoms with van der Waals surface area (Å²) in [5, 5.41) is 14.8. The number of aliphatic hydroxyl groups excluding tert-OH is 1. The lowest BCUT2D eigenvalue weighted by Crippen LogP contribution is -2.02. The fourth-order valence-electron chi connectivity index (χ4n) is 2.36. The summed E-state index contributed by atoms with van der Waals surface area (Å²) in [6, 6.07) is 11.5. The van der Waals surface area contributed by atoms with Gasteiger partial charge in [0.2, 0.25) is 0 Å². The molecule has 0 aliphatic carbocycles. The number of fused-ring (bicyclic) bond motifs is 1. The second kappa shape index (κ2) is 5.87. The van der Waals surface area contributed by atoms with Crippen molar-refractivity contribution >= 4 is 21.4 Å². The van der Waals surface area contributed by atoms with Gasteiger partial charge in [0.05, 0.1) is 24.9 Å². The monoisotopic (exact) mass is 346 g/mol. The molecule has 2 aromatic heterocycles. The van der Waals surface area contributed by atoms with Gasteiger partial charge in [0, 0.05) is 22.7 Å². The first kappa shape index (κ1) is 14.1. The van der Waals surface area contributed by atoms with Gasteiger partial charge in [-0.2, -0.15) is 5.10 Å². The Morgan fingerprint density at radius 2 is 2.19 bits per heavy atom. The summed E-state index contributed by atoms with van der Waals surface area (Å²) in [5.74, 6) is 0.778. The number of benzene rings is 1. The molecule has 4 nitrogen and oxygen atoms in total. The molecule has 3 aromatic rings. The van der Waals surface area contributed by atoms with Gasteiger partial charge in [-0.3, -0.25) is 0 Å². The number of aliphatic hydroxyl groups is 1. The third-order valence-corrected chi connectivity index (χ3v) is 4.26. The smallest absolute Gasteiger partial charge is 0.119 e. The van der Waals surface area contributed by atoms with Gasteiger partial charge in [0.1, 0.15) is 5.75 Å². The number of halogens is 1. The number of nitrogens with zero attached hydrogens (tertiary/aromatic N) is 2. The van der Waals surface area contributed by atoms with Crippen molar-refractivity contribution in [3.63, 3.8) is 0 Å². The zero-order valence-electron chi connectivity index (χ0n) is 11.5. The van der Waals surface area contributed by atoms with Crippen LogP contribution in [0.25, 0.3) is 5.52 Å². The number of aromatic nitrogens is 2. The third kappa shape index (κ3) is 2.80. The van der Waals surface area contributed by atoms with Gasteiger partial charge in [-0.1, -0.05) is 22.0 Å². The molecule has 1 atom stereocenters. The number of methoxy groups -OCH3 is 1. The lowest BCUT2D eigenvalue weighted by Gasteiger charge is -2.12.